The van der Waals surface area contributed by atoms with Crippen LogP contribution in [0.25, 0.3) is 0 Å². The van der Waals surface area contributed by atoms with Crippen molar-refractivity contribution in [1.29, 1.82) is 0 Å². The van der Waals surface area contributed by atoms with E-state index in [0.29, 0.717) is 23.3 Å². The molecular weight excluding hydrogens is 296 g/mol. The van der Waals surface area contributed by atoms with E-state index in [9.17, 15) is 9.59 Å². The van der Waals surface area contributed by atoms with Gasteiger partial charge in [0.1, 0.15) is 11.9 Å². The number of carboxylic acid groups (broad SMARTS) is 1. The van der Waals surface area contributed by atoms with Gasteiger partial charge in [-0.15, -0.1) is 0 Å². The lowest BCUT2D eigenvalue weighted by Gasteiger charge is -2.26. The number of hydrogen-bond donors (Lipinski definition) is 1. The molecule has 1 atom stereocenters. The Morgan fingerprint density at radius 2 is 2.09 bits per heavy atom. The fraction of sp³-hybridized carbons (Fsp3) is 0.222. The lowest BCUT2D eigenvalue weighted by Crippen LogP contribution is -2.22. The van der Waals surface area contributed by atoms with E-state index in [-0.39, 0.29) is 5.97 Å². The molecule has 0 spiro atoms. The van der Waals surface area contributed by atoms with Crippen LogP contribution in [-0.4, -0.2) is 23.7 Å². The molecule has 118 valence electrons. The van der Waals surface area contributed by atoms with Crippen LogP contribution in [-0.2, 0) is 16.0 Å². The first-order valence-electron chi connectivity index (χ1n) is 7.28. The molecule has 0 aliphatic carbocycles. The van der Waals surface area contributed by atoms with E-state index < -0.39 is 18.7 Å². The Bertz CT molecular complexity index is 766. The van der Waals surface area contributed by atoms with E-state index in [2.05, 4.69) is 0 Å². The van der Waals surface area contributed by atoms with E-state index in [1.54, 1.807) is 18.2 Å². The highest BCUT2D eigenvalue weighted by Crippen LogP contribution is 2.35. The minimum absolute atomic E-state index is 0.373. The molecule has 0 radical (unpaired) electrons. The van der Waals surface area contributed by atoms with Crippen molar-refractivity contribution in [3.8, 4) is 5.75 Å². The van der Waals surface area contributed by atoms with Gasteiger partial charge in [-0.1, -0.05) is 29.8 Å². The summed E-state index contributed by atoms with van der Waals surface area (Å²) in [5.41, 5.74) is 3.16. The van der Waals surface area contributed by atoms with Crippen molar-refractivity contribution in [3.63, 3.8) is 0 Å². The van der Waals surface area contributed by atoms with E-state index in [1.165, 1.54) is 0 Å². The fourth-order valence-electron chi connectivity index (χ4n) is 2.70. The molecule has 1 aliphatic heterocycles. The zero-order valence-corrected chi connectivity index (χ0v) is 12.6. The van der Waals surface area contributed by atoms with Crippen LogP contribution in [0.2, 0.25) is 0 Å². The zero-order chi connectivity index (χ0) is 16.4. The number of benzene rings is 2. The molecule has 23 heavy (non-hydrogen) atoms. The van der Waals surface area contributed by atoms with Gasteiger partial charge in [0.15, 0.2) is 6.61 Å². The number of rotatable bonds is 4. The Labute approximate surface area is 133 Å². The van der Waals surface area contributed by atoms with Crippen molar-refractivity contribution in [2.24, 2.45) is 0 Å². The number of cyclic esters (lactones) is 1. The van der Waals surface area contributed by atoms with Crippen LogP contribution in [0.5, 0.6) is 5.75 Å². The Kier molecular flexibility index (Phi) is 4.02. The molecule has 1 heterocycles. The van der Waals surface area contributed by atoms with E-state index in [1.807, 2.05) is 31.2 Å². The van der Waals surface area contributed by atoms with Crippen LogP contribution in [0, 0.1) is 6.92 Å². The monoisotopic (exact) mass is 312 g/mol. The predicted octanol–water partition coefficient (Wildman–Crippen LogP) is 2.91. The topological polar surface area (TPSA) is 72.8 Å². The molecule has 0 bridgehead atoms. The van der Waals surface area contributed by atoms with E-state index in [0.717, 1.165) is 11.1 Å². The number of aryl methyl sites for hydroxylation is 1. The molecule has 5 heteroatoms. The minimum Gasteiger partial charge on any atom is -0.481 e. The van der Waals surface area contributed by atoms with Gasteiger partial charge < -0.3 is 14.6 Å². The van der Waals surface area contributed by atoms with E-state index in [4.69, 9.17) is 14.6 Å². The standard InChI is InChI=1S/C18H16O5/c1-11-6-7-15(22-10-17(19)20)14(8-11)16-9-12-4-2-3-5-13(12)18(21)23-16/h2-8,16H,9-10H2,1H3,(H,19,20). The Hall–Kier alpha value is -2.82. The SMILES string of the molecule is Cc1ccc(OCC(=O)O)c(C2Cc3ccccc3C(=O)O2)c1. The summed E-state index contributed by atoms with van der Waals surface area (Å²) in [5, 5.41) is 8.79. The lowest BCUT2D eigenvalue weighted by atomic mass is 9.93. The third-order valence-corrected chi connectivity index (χ3v) is 3.76. The van der Waals surface area contributed by atoms with Gasteiger partial charge in [-0.05, 0) is 30.7 Å². The molecule has 0 amide bonds. The second kappa shape index (κ2) is 6.12. The summed E-state index contributed by atoms with van der Waals surface area (Å²) in [6.45, 7) is 1.48. The van der Waals surface area contributed by atoms with Crippen molar-refractivity contribution in [2.45, 2.75) is 19.4 Å². The van der Waals surface area contributed by atoms with Crippen molar-refractivity contribution < 1.29 is 24.2 Å². The van der Waals surface area contributed by atoms with Crippen LogP contribution < -0.4 is 4.74 Å². The summed E-state index contributed by atoms with van der Waals surface area (Å²) < 4.78 is 10.9. The highest BCUT2D eigenvalue weighted by molar-refractivity contribution is 5.92. The van der Waals surface area contributed by atoms with Gasteiger partial charge in [-0.25, -0.2) is 9.59 Å². The number of hydrogen-bond acceptors (Lipinski definition) is 4. The highest BCUT2D eigenvalue weighted by Gasteiger charge is 2.29. The predicted molar refractivity (Wildman–Crippen MR) is 82.6 cm³/mol. The summed E-state index contributed by atoms with van der Waals surface area (Å²) in [4.78, 5) is 22.9. The third kappa shape index (κ3) is 3.18. The van der Waals surface area contributed by atoms with Gasteiger partial charge in [0.25, 0.3) is 0 Å². The molecule has 0 fully saturated rings. The molecule has 0 aromatic heterocycles. The Morgan fingerprint density at radius 3 is 2.87 bits per heavy atom. The molecular formula is C18H16O5. The Morgan fingerprint density at radius 1 is 1.30 bits per heavy atom. The molecule has 2 aromatic rings. The zero-order valence-electron chi connectivity index (χ0n) is 12.6. The van der Waals surface area contributed by atoms with Gasteiger partial charge in [0.05, 0.1) is 5.56 Å². The van der Waals surface area contributed by atoms with Gasteiger partial charge >= 0.3 is 11.9 Å². The molecule has 0 saturated carbocycles. The average Bonchev–Trinajstić information content (AvgIpc) is 2.53. The normalized spacial score (nSPS) is 16.4. The number of carbonyl (C=O) groups excluding carboxylic acids is 1. The lowest BCUT2D eigenvalue weighted by molar-refractivity contribution is -0.139. The van der Waals surface area contributed by atoms with Crippen LogP contribution in [0.3, 0.4) is 0 Å². The number of esters is 1. The first-order valence-corrected chi connectivity index (χ1v) is 7.28. The van der Waals surface area contributed by atoms with Gasteiger partial charge in [0.2, 0.25) is 0 Å². The molecule has 3 rings (SSSR count). The maximum absolute atomic E-state index is 12.2. The van der Waals surface area contributed by atoms with E-state index >= 15 is 0 Å². The number of ether oxygens (including phenoxy) is 2. The summed E-state index contributed by atoms with van der Waals surface area (Å²) in [7, 11) is 0. The minimum atomic E-state index is -1.05. The number of fused-ring (bicyclic) bond motifs is 1. The smallest absolute Gasteiger partial charge is 0.341 e. The average molecular weight is 312 g/mol. The van der Waals surface area contributed by atoms with Gasteiger partial charge in [-0.2, -0.15) is 0 Å². The maximum atomic E-state index is 12.2. The summed E-state index contributed by atoms with van der Waals surface area (Å²) in [6, 6.07) is 12.7. The number of aliphatic carboxylic acids is 1. The molecule has 1 aliphatic rings. The molecule has 0 saturated heterocycles. The van der Waals surface area contributed by atoms with Crippen molar-refractivity contribution in [1.82, 2.24) is 0 Å². The van der Waals surface area contributed by atoms with Crippen molar-refractivity contribution in [3.05, 3.63) is 64.7 Å². The number of carboxylic acids is 1. The summed E-state index contributed by atoms with van der Waals surface area (Å²) in [6.07, 6.45) is 0.0514. The van der Waals surface area contributed by atoms with Crippen LogP contribution in [0.1, 0.15) is 33.2 Å². The van der Waals surface area contributed by atoms with Crippen molar-refractivity contribution in [2.75, 3.05) is 6.61 Å². The summed E-state index contributed by atoms with van der Waals surface area (Å²) in [5.74, 6) is -1.000. The first-order chi connectivity index (χ1) is 11.0. The highest BCUT2D eigenvalue weighted by atomic mass is 16.5. The number of carbonyl (C=O) groups is 2. The third-order valence-electron chi connectivity index (χ3n) is 3.76. The van der Waals surface area contributed by atoms with Crippen LogP contribution in [0.15, 0.2) is 42.5 Å². The first kappa shape index (κ1) is 15.1. The maximum Gasteiger partial charge on any atom is 0.341 e. The largest absolute Gasteiger partial charge is 0.481 e. The van der Waals surface area contributed by atoms with Crippen molar-refractivity contribution >= 4 is 11.9 Å². The van der Waals surface area contributed by atoms with Gasteiger partial charge in [-0.3, -0.25) is 0 Å². The Balaban J connectivity index is 1.94. The molecule has 5 nitrogen and oxygen atoms in total. The second-order valence-corrected chi connectivity index (χ2v) is 5.48. The summed E-state index contributed by atoms with van der Waals surface area (Å²) >= 11 is 0. The van der Waals surface area contributed by atoms with Gasteiger partial charge in [0, 0.05) is 12.0 Å². The quantitative estimate of drug-likeness (QED) is 0.879. The molecule has 1 N–H and O–H groups in total. The second-order valence-electron chi connectivity index (χ2n) is 5.48. The van der Waals surface area contributed by atoms with Crippen LogP contribution >= 0.6 is 0 Å². The molecule has 2 aromatic carbocycles. The van der Waals surface area contributed by atoms with Crippen LogP contribution in [0.4, 0.5) is 0 Å². The fourth-order valence-corrected chi connectivity index (χ4v) is 2.70. The molecule has 1 unspecified atom stereocenters.